The summed E-state index contributed by atoms with van der Waals surface area (Å²) in [6, 6.07) is -1.08. The van der Waals surface area contributed by atoms with Crippen LogP contribution in [0.3, 0.4) is 0 Å². The molecule has 146 valence electrons. The Bertz CT molecular complexity index is 475. The van der Waals surface area contributed by atoms with Gasteiger partial charge in [-0.1, -0.05) is 39.2 Å². The molecule has 25 heavy (non-hydrogen) atoms. The van der Waals surface area contributed by atoms with Crippen LogP contribution in [0.15, 0.2) is 5.11 Å². The maximum atomic E-state index is 11.7. The SMILES string of the molecule is CCC[C@H](O[Si](C)(C)C(C)(C)C)[C@H](N=[N+]=[N-])[C@H](O)[C@@H](O)C(=O)OCC. The van der Waals surface area contributed by atoms with E-state index in [9.17, 15) is 15.0 Å². The number of ether oxygens (including phenoxy) is 1. The van der Waals surface area contributed by atoms with Crippen molar-refractivity contribution in [3.8, 4) is 0 Å². The van der Waals surface area contributed by atoms with Crippen LogP contribution in [-0.2, 0) is 14.0 Å². The normalized spacial score (nSPS) is 17.2. The van der Waals surface area contributed by atoms with Gasteiger partial charge in [0.1, 0.15) is 6.10 Å². The highest BCUT2D eigenvalue weighted by atomic mass is 28.4. The lowest BCUT2D eigenvalue weighted by atomic mass is 9.98. The van der Waals surface area contributed by atoms with Crippen molar-refractivity contribution in [2.24, 2.45) is 5.11 Å². The van der Waals surface area contributed by atoms with Gasteiger partial charge < -0.3 is 19.4 Å². The number of nitrogens with zero attached hydrogens (tertiary/aromatic N) is 3. The molecule has 8 nitrogen and oxygen atoms in total. The second-order valence-electron chi connectivity index (χ2n) is 7.59. The highest BCUT2D eigenvalue weighted by Crippen LogP contribution is 2.38. The average Bonchev–Trinajstić information content (AvgIpc) is 2.49. The number of azide groups is 1. The first-order chi connectivity index (χ1) is 11.4. The van der Waals surface area contributed by atoms with Gasteiger partial charge in [0.05, 0.1) is 18.8 Å². The maximum Gasteiger partial charge on any atom is 0.337 e. The molecule has 0 rings (SSSR count). The van der Waals surface area contributed by atoms with Crippen LogP contribution in [0.4, 0.5) is 0 Å². The molecule has 4 atom stereocenters. The average molecular weight is 376 g/mol. The minimum atomic E-state index is -2.21. The summed E-state index contributed by atoms with van der Waals surface area (Å²) < 4.78 is 11.1. The van der Waals surface area contributed by atoms with Crippen LogP contribution < -0.4 is 0 Å². The lowest BCUT2D eigenvalue weighted by molar-refractivity contribution is -0.161. The molecule has 2 N–H and O–H groups in total. The minimum Gasteiger partial charge on any atom is -0.464 e. The standard InChI is InChI=1S/C16H33N3O5Si/c1-8-10-11(24-25(6,7)16(3,4)5)12(18-19-17)13(20)14(21)15(22)23-9-2/h11-14,20-21H,8-10H2,1-7H3/t11-,12-,13-,14+/m0/s1. The molecule has 0 unspecified atom stereocenters. The molecule has 0 aliphatic rings. The monoisotopic (exact) mass is 375 g/mol. The molecule has 9 heteroatoms. The third-order valence-electron chi connectivity index (χ3n) is 4.59. The number of carbonyl (C=O) groups is 1. The third kappa shape index (κ3) is 6.95. The van der Waals surface area contributed by atoms with Crippen molar-refractivity contribution in [1.29, 1.82) is 0 Å². The summed E-state index contributed by atoms with van der Waals surface area (Å²) in [7, 11) is -2.21. The van der Waals surface area contributed by atoms with Gasteiger partial charge >= 0.3 is 5.97 Å². The zero-order chi connectivity index (χ0) is 19.8. The van der Waals surface area contributed by atoms with Crippen LogP contribution in [0, 0.1) is 0 Å². The van der Waals surface area contributed by atoms with E-state index < -0.39 is 38.6 Å². The van der Waals surface area contributed by atoms with E-state index in [1.165, 1.54) is 0 Å². The topological polar surface area (TPSA) is 125 Å². The molecule has 0 bridgehead atoms. The van der Waals surface area contributed by atoms with Crippen molar-refractivity contribution in [1.82, 2.24) is 0 Å². The maximum absolute atomic E-state index is 11.7. The van der Waals surface area contributed by atoms with Crippen molar-refractivity contribution >= 4 is 14.3 Å². The number of esters is 1. The van der Waals surface area contributed by atoms with Crippen LogP contribution in [0.1, 0.15) is 47.5 Å². The van der Waals surface area contributed by atoms with Gasteiger partial charge in [0.25, 0.3) is 0 Å². The Morgan fingerprint density at radius 3 is 2.24 bits per heavy atom. The van der Waals surface area contributed by atoms with E-state index >= 15 is 0 Å². The van der Waals surface area contributed by atoms with E-state index in [-0.39, 0.29) is 11.6 Å². The van der Waals surface area contributed by atoms with Gasteiger partial charge in [0.15, 0.2) is 14.4 Å². The van der Waals surface area contributed by atoms with Gasteiger partial charge in [0.2, 0.25) is 0 Å². The first kappa shape index (κ1) is 23.9. The molecular formula is C16H33N3O5Si. The molecule has 0 fully saturated rings. The largest absolute Gasteiger partial charge is 0.464 e. The molecule has 0 aliphatic heterocycles. The lowest BCUT2D eigenvalue weighted by Crippen LogP contribution is -2.52. The molecule has 0 heterocycles. The number of rotatable bonds is 10. The van der Waals surface area contributed by atoms with Crippen LogP contribution in [0.2, 0.25) is 18.1 Å². The first-order valence-corrected chi connectivity index (χ1v) is 11.6. The summed E-state index contributed by atoms with van der Waals surface area (Å²) >= 11 is 0. The van der Waals surface area contributed by atoms with E-state index in [1.54, 1.807) is 6.92 Å². The van der Waals surface area contributed by atoms with Crippen molar-refractivity contribution in [3.05, 3.63) is 10.4 Å². The minimum absolute atomic E-state index is 0.0770. The van der Waals surface area contributed by atoms with Crippen LogP contribution in [0.25, 0.3) is 10.4 Å². The third-order valence-corrected chi connectivity index (χ3v) is 9.10. The highest BCUT2D eigenvalue weighted by molar-refractivity contribution is 6.74. The van der Waals surface area contributed by atoms with Gasteiger partial charge in [0, 0.05) is 4.91 Å². The van der Waals surface area contributed by atoms with Gasteiger partial charge in [-0.05, 0) is 37.0 Å². The Kier molecular flexibility index (Phi) is 9.67. The Morgan fingerprint density at radius 1 is 1.28 bits per heavy atom. The fraction of sp³-hybridized carbons (Fsp3) is 0.938. The number of carbonyl (C=O) groups excluding carboxylic acids is 1. The Morgan fingerprint density at radius 2 is 1.84 bits per heavy atom. The van der Waals surface area contributed by atoms with Crippen LogP contribution >= 0.6 is 0 Å². The van der Waals surface area contributed by atoms with Crippen molar-refractivity contribution in [3.63, 3.8) is 0 Å². The Balaban J connectivity index is 5.58. The summed E-state index contributed by atoms with van der Waals surface area (Å²) in [6.45, 7) is 14.0. The molecule has 0 aromatic carbocycles. The summed E-state index contributed by atoms with van der Waals surface area (Å²) in [5.74, 6) is -0.948. The zero-order valence-corrected chi connectivity index (χ0v) is 17.4. The summed E-state index contributed by atoms with van der Waals surface area (Å²) in [6.07, 6.45) is -2.73. The fourth-order valence-electron chi connectivity index (χ4n) is 2.12. The highest BCUT2D eigenvalue weighted by Gasteiger charge is 2.43. The second-order valence-corrected chi connectivity index (χ2v) is 12.3. The predicted octanol–water partition coefficient (Wildman–Crippen LogP) is 3.14. The molecule has 0 aromatic rings. The van der Waals surface area contributed by atoms with Gasteiger partial charge in [-0.3, -0.25) is 0 Å². The van der Waals surface area contributed by atoms with Gasteiger partial charge in [-0.25, -0.2) is 4.79 Å². The zero-order valence-electron chi connectivity index (χ0n) is 16.4. The summed E-state index contributed by atoms with van der Waals surface area (Å²) in [4.78, 5) is 14.5. The number of aliphatic hydroxyl groups excluding tert-OH is 2. The van der Waals surface area contributed by atoms with E-state index in [0.717, 1.165) is 6.42 Å². The first-order valence-electron chi connectivity index (χ1n) is 8.67. The van der Waals surface area contributed by atoms with E-state index in [0.29, 0.717) is 6.42 Å². The van der Waals surface area contributed by atoms with Gasteiger partial charge in [-0.15, -0.1) is 0 Å². The molecule has 0 saturated carbocycles. The summed E-state index contributed by atoms with van der Waals surface area (Å²) in [5, 5.41) is 24.0. The van der Waals surface area contributed by atoms with Crippen LogP contribution in [0.5, 0.6) is 0 Å². The number of hydrogen-bond donors (Lipinski definition) is 2. The molecule has 0 aliphatic carbocycles. The smallest absolute Gasteiger partial charge is 0.337 e. The Hall–Kier alpha value is -1.12. The number of hydrogen-bond acceptors (Lipinski definition) is 6. The van der Waals surface area contributed by atoms with Gasteiger partial charge in [-0.2, -0.15) is 0 Å². The van der Waals surface area contributed by atoms with E-state index in [4.69, 9.17) is 14.7 Å². The molecule has 0 saturated heterocycles. The van der Waals surface area contributed by atoms with Crippen LogP contribution in [-0.4, -0.2) is 55.5 Å². The molecule has 0 spiro atoms. The van der Waals surface area contributed by atoms with E-state index in [1.807, 2.05) is 6.92 Å². The van der Waals surface area contributed by atoms with Crippen molar-refractivity contribution in [2.45, 2.75) is 89.9 Å². The van der Waals surface area contributed by atoms with E-state index in [2.05, 4.69) is 43.9 Å². The number of aliphatic hydroxyl groups is 2. The van der Waals surface area contributed by atoms with Crippen molar-refractivity contribution < 1.29 is 24.2 Å². The quantitative estimate of drug-likeness (QED) is 0.199. The lowest BCUT2D eigenvalue weighted by Gasteiger charge is -2.41. The van der Waals surface area contributed by atoms with Crippen molar-refractivity contribution in [2.75, 3.05) is 6.61 Å². The molecule has 0 amide bonds. The summed E-state index contributed by atoms with van der Waals surface area (Å²) in [5.41, 5.74) is 8.89. The molecule has 0 radical (unpaired) electrons. The second kappa shape index (κ2) is 10.1. The predicted molar refractivity (Wildman–Crippen MR) is 98.6 cm³/mol. The fourth-order valence-corrected chi connectivity index (χ4v) is 3.48. The molecular weight excluding hydrogens is 342 g/mol. The Labute approximate surface area is 151 Å². The molecule has 0 aromatic heterocycles.